The Morgan fingerprint density at radius 2 is 1.80 bits per heavy atom. The molecule has 1 atom stereocenters. The molecule has 2 aromatic rings. The molecule has 1 aromatic heterocycles. The number of benzene rings is 1. The highest BCUT2D eigenvalue weighted by atomic mass is 32.2. The summed E-state index contributed by atoms with van der Waals surface area (Å²) >= 11 is 1.69. The van der Waals surface area contributed by atoms with Crippen molar-refractivity contribution in [1.29, 1.82) is 0 Å². The fourth-order valence-corrected chi connectivity index (χ4v) is 5.15. The van der Waals surface area contributed by atoms with E-state index >= 15 is 0 Å². The molecule has 0 spiro atoms. The molecular formula is C19H26N2O2S2. The van der Waals surface area contributed by atoms with E-state index < -0.39 is 10.0 Å². The van der Waals surface area contributed by atoms with Crippen LogP contribution in [0.15, 0.2) is 46.7 Å². The molecule has 3 rings (SSSR count). The van der Waals surface area contributed by atoms with Crippen LogP contribution < -0.4 is 4.72 Å². The van der Waals surface area contributed by atoms with Crippen LogP contribution >= 0.6 is 11.3 Å². The van der Waals surface area contributed by atoms with Crippen molar-refractivity contribution in [2.24, 2.45) is 0 Å². The minimum Gasteiger partial charge on any atom is -0.294 e. The summed E-state index contributed by atoms with van der Waals surface area (Å²) in [5.41, 5.74) is 1.15. The molecular weight excluding hydrogens is 352 g/mol. The summed E-state index contributed by atoms with van der Waals surface area (Å²) in [5.74, 6) is 0.392. The van der Waals surface area contributed by atoms with Crippen molar-refractivity contribution in [2.75, 3.05) is 19.6 Å². The van der Waals surface area contributed by atoms with Crippen LogP contribution in [0.4, 0.5) is 0 Å². The first kappa shape index (κ1) is 18.6. The van der Waals surface area contributed by atoms with Crippen LogP contribution in [0.25, 0.3) is 0 Å². The lowest BCUT2D eigenvalue weighted by atomic mass is 10.0. The molecule has 1 aliphatic rings. The minimum absolute atomic E-state index is 0.118. The first-order chi connectivity index (χ1) is 12.0. The van der Waals surface area contributed by atoms with Gasteiger partial charge in [-0.05, 0) is 61.0 Å². The van der Waals surface area contributed by atoms with E-state index in [4.69, 9.17) is 0 Å². The Labute approximate surface area is 154 Å². The standard InChI is InChI=1S/C19H26N2O2S2/c1-15(2)16-7-9-17(10-8-16)25(22,23)20-14-18(19-6-5-13-24-19)21-11-3-4-12-21/h5-10,13,15,18,20H,3-4,11-12,14H2,1-2H3. The lowest BCUT2D eigenvalue weighted by Crippen LogP contribution is -2.36. The van der Waals surface area contributed by atoms with E-state index in [0.717, 1.165) is 18.7 Å². The third kappa shape index (κ3) is 4.50. The van der Waals surface area contributed by atoms with E-state index in [9.17, 15) is 8.42 Å². The van der Waals surface area contributed by atoms with Crippen LogP contribution in [0.2, 0.25) is 0 Å². The third-order valence-electron chi connectivity index (χ3n) is 4.78. The van der Waals surface area contributed by atoms with Gasteiger partial charge in [0, 0.05) is 11.4 Å². The Balaban J connectivity index is 1.72. The van der Waals surface area contributed by atoms with Crippen molar-refractivity contribution in [3.05, 3.63) is 52.2 Å². The van der Waals surface area contributed by atoms with E-state index in [1.165, 1.54) is 17.7 Å². The zero-order valence-electron chi connectivity index (χ0n) is 14.8. The summed E-state index contributed by atoms with van der Waals surface area (Å²) in [6, 6.07) is 11.4. The second kappa shape index (κ2) is 7.99. The van der Waals surface area contributed by atoms with Gasteiger partial charge in [0.15, 0.2) is 0 Å². The molecule has 0 aliphatic carbocycles. The van der Waals surface area contributed by atoms with Gasteiger partial charge in [-0.15, -0.1) is 11.3 Å². The molecule has 0 bridgehead atoms. The Bertz CT molecular complexity index is 762. The van der Waals surface area contributed by atoms with Crippen molar-refractivity contribution in [2.45, 2.75) is 43.5 Å². The zero-order valence-corrected chi connectivity index (χ0v) is 16.4. The number of nitrogens with one attached hydrogen (secondary N) is 1. The van der Waals surface area contributed by atoms with E-state index in [0.29, 0.717) is 17.4 Å². The second-order valence-corrected chi connectivity index (χ2v) is 9.60. The van der Waals surface area contributed by atoms with Crippen molar-refractivity contribution >= 4 is 21.4 Å². The van der Waals surface area contributed by atoms with Crippen molar-refractivity contribution < 1.29 is 8.42 Å². The van der Waals surface area contributed by atoms with Crippen molar-refractivity contribution in [3.63, 3.8) is 0 Å². The molecule has 1 saturated heterocycles. The third-order valence-corrected chi connectivity index (χ3v) is 7.19. The minimum atomic E-state index is -3.49. The van der Waals surface area contributed by atoms with Gasteiger partial charge in [-0.3, -0.25) is 4.90 Å². The van der Waals surface area contributed by atoms with Crippen LogP contribution in [-0.4, -0.2) is 33.0 Å². The van der Waals surface area contributed by atoms with Gasteiger partial charge >= 0.3 is 0 Å². The van der Waals surface area contributed by atoms with Crippen LogP contribution in [0, 0.1) is 0 Å². The monoisotopic (exact) mass is 378 g/mol. The maximum Gasteiger partial charge on any atom is 0.240 e. The number of thiophene rings is 1. The van der Waals surface area contributed by atoms with Crippen LogP contribution in [-0.2, 0) is 10.0 Å². The lowest BCUT2D eigenvalue weighted by molar-refractivity contribution is 0.250. The van der Waals surface area contributed by atoms with Crippen LogP contribution in [0.5, 0.6) is 0 Å². The van der Waals surface area contributed by atoms with E-state index in [2.05, 4.69) is 34.9 Å². The highest BCUT2D eigenvalue weighted by Gasteiger charge is 2.26. The smallest absolute Gasteiger partial charge is 0.240 e. The summed E-state index contributed by atoms with van der Waals surface area (Å²) in [5, 5.41) is 2.05. The molecule has 0 saturated carbocycles. The van der Waals surface area contributed by atoms with Crippen LogP contribution in [0.1, 0.15) is 49.1 Å². The Hall–Kier alpha value is -1.21. The largest absolute Gasteiger partial charge is 0.294 e. The predicted octanol–water partition coefficient (Wildman–Crippen LogP) is 3.99. The average molecular weight is 379 g/mol. The molecule has 2 heterocycles. The molecule has 1 N–H and O–H groups in total. The lowest BCUT2D eigenvalue weighted by Gasteiger charge is -2.26. The highest BCUT2D eigenvalue weighted by Crippen LogP contribution is 2.28. The second-order valence-electron chi connectivity index (χ2n) is 6.85. The first-order valence-corrected chi connectivity index (χ1v) is 11.2. The summed E-state index contributed by atoms with van der Waals surface area (Å²) in [6.07, 6.45) is 2.37. The predicted molar refractivity (Wildman–Crippen MR) is 104 cm³/mol. The Morgan fingerprint density at radius 1 is 1.12 bits per heavy atom. The topological polar surface area (TPSA) is 49.4 Å². The van der Waals surface area contributed by atoms with Crippen molar-refractivity contribution in [3.8, 4) is 0 Å². The molecule has 1 aliphatic heterocycles. The molecule has 1 fully saturated rings. The fraction of sp³-hybridized carbons (Fsp3) is 0.474. The summed E-state index contributed by atoms with van der Waals surface area (Å²) < 4.78 is 28.2. The van der Waals surface area contributed by atoms with Crippen LogP contribution in [0.3, 0.4) is 0 Å². The Morgan fingerprint density at radius 3 is 2.36 bits per heavy atom. The normalized spacial score (nSPS) is 17.2. The zero-order chi connectivity index (χ0) is 17.9. The highest BCUT2D eigenvalue weighted by molar-refractivity contribution is 7.89. The number of likely N-dealkylation sites (tertiary alicyclic amines) is 1. The summed E-state index contributed by atoms with van der Waals surface area (Å²) in [6.45, 7) is 6.68. The summed E-state index contributed by atoms with van der Waals surface area (Å²) in [7, 11) is -3.49. The maximum atomic E-state index is 12.7. The molecule has 4 nitrogen and oxygen atoms in total. The molecule has 0 radical (unpaired) electrons. The van der Waals surface area contributed by atoms with Gasteiger partial charge in [0.1, 0.15) is 0 Å². The number of hydrogen-bond donors (Lipinski definition) is 1. The molecule has 136 valence electrons. The number of rotatable bonds is 7. The first-order valence-electron chi connectivity index (χ1n) is 8.84. The van der Waals surface area contributed by atoms with Gasteiger partial charge in [0.05, 0.1) is 10.9 Å². The number of hydrogen-bond acceptors (Lipinski definition) is 4. The van der Waals surface area contributed by atoms with Gasteiger partial charge in [-0.1, -0.05) is 32.0 Å². The quantitative estimate of drug-likeness (QED) is 0.793. The number of sulfonamides is 1. The van der Waals surface area contributed by atoms with Gasteiger partial charge in [-0.25, -0.2) is 13.1 Å². The van der Waals surface area contributed by atoms with Gasteiger partial charge in [-0.2, -0.15) is 0 Å². The van der Waals surface area contributed by atoms with E-state index in [-0.39, 0.29) is 6.04 Å². The van der Waals surface area contributed by atoms with E-state index in [1.54, 1.807) is 23.5 Å². The maximum absolute atomic E-state index is 12.7. The van der Waals surface area contributed by atoms with E-state index in [1.807, 2.05) is 18.2 Å². The average Bonchev–Trinajstić information content (AvgIpc) is 3.29. The molecule has 6 heteroatoms. The Kier molecular flexibility index (Phi) is 5.94. The molecule has 1 aromatic carbocycles. The van der Waals surface area contributed by atoms with Gasteiger partial charge in [0.25, 0.3) is 0 Å². The fourth-order valence-electron chi connectivity index (χ4n) is 3.25. The number of nitrogens with zero attached hydrogens (tertiary/aromatic N) is 1. The molecule has 25 heavy (non-hydrogen) atoms. The summed E-state index contributed by atoms with van der Waals surface area (Å²) in [4.78, 5) is 3.94. The van der Waals surface area contributed by atoms with Gasteiger partial charge < -0.3 is 0 Å². The van der Waals surface area contributed by atoms with Gasteiger partial charge in [0.2, 0.25) is 10.0 Å². The molecule has 0 amide bonds. The van der Waals surface area contributed by atoms with Crippen molar-refractivity contribution in [1.82, 2.24) is 9.62 Å². The SMILES string of the molecule is CC(C)c1ccc(S(=O)(=O)NCC(c2cccs2)N2CCCC2)cc1. The molecule has 1 unspecified atom stereocenters.